The Bertz CT molecular complexity index is 572. The molecule has 25 heavy (non-hydrogen) atoms. The first-order valence-corrected chi connectivity index (χ1v) is 8.46. The molecule has 1 saturated carbocycles. The van der Waals surface area contributed by atoms with E-state index in [2.05, 4.69) is 5.32 Å². The highest BCUT2D eigenvalue weighted by Gasteiger charge is 2.42. The SMILES string of the molecule is CC(CN)CNC(=O)C1(c2cccc(C(F)(F)F)c2)CCCCC1.Cl. The summed E-state index contributed by atoms with van der Waals surface area (Å²) in [5, 5.41) is 2.90. The van der Waals surface area contributed by atoms with Crippen molar-refractivity contribution < 1.29 is 18.0 Å². The van der Waals surface area contributed by atoms with Gasteiger partial charge in [0.1, 0.15) is 0 Å². The van der Waals surface area contributed by atoms with E-state index >= 15 is 0 Å². The molecule has 0 aliphatic heterocycles. The Hall–Kier alpha value is -1.27. The number of alkyl halides is 3. The van der Waals surface area contributed by atoms with Crippen LogP contribution in [0.3, 0.4) is 0 Å². The van der Waals surface area contributed by atoms with Gasteiger partial charge in [-0.05, 0) is 36.9 Å². The van der Waals surface area contributed by atoms with Crippen molar-refractivity contribution >= 4 is 18.3 Å². The van der Waals surface area contributed by atoms with Crippen LogP contribution in [0.1, 0.15) is 50.2 Å². The molecule has 0 saturated heterocycles. The topological polar surface area (TPSA) is 55.1 Å². The summed E-state index contributed by atoms with van der Waals surface area (Å²) in [6.07, 6.45) is -0.551. The molecule has 1 amide bonds. The first-order valence-electron chi connectivity index (χ1n) is 8.46. The molecule has 1 atom stereocenters. The van der Waals surface area contributed by atoms with Crippen LogP contribution in [-0.4, -0.2) is 19.0 Å². The van der Waals surface area contributed by atoms with Crippen LogP contribution in [-0.2, 0) is 16.4 Å². The fraction of sp³-hybridized carbons (Fsp3) is 0.611. The summed E-state index contributed by atoms with van der Waals surface area (Å²) < 4.78 is 39.1. The molecule has 1 aromatic carbocycles. The van der Waals surface area contributed by atoms with Crippen LogP contribution < -0.4 is 11.1 Å². The molecule has 2 rings (SSSR count). The van der Waals surface area contributed by atoms with Crippen molar-refractivity contribution in [2.45, 2.75) is 50.6 Å². The summed E-state index contributed by atoms with van der Waals surface area (Å²) in [5.74, 6) is -0.0436. The van der Waals surface area contributed by atoms with Gasteiger partial charge in [-0.15, -0.1) is 12.4 Å². The van der Waals surface area contributed by atoms with E-state index in [0.717, 1.165) is 31.4 Å². The minimum Gasteiger partial charge on any atom is -0.355 e. The third kappa shape index (κ3) is 5.11. The number of hydrogen-bond donors (Lipinski definition) is 2. The summed E-state index contributed by atoms with van der Waals surface area (Å²) >= 11 is 0. The van der Waals surface area contributed by atoms with E-state index < -0.39 is 17.2 Å². The van der Waals surface area contributed by atoms with E-state index in [-0.39, 0.29) is 24.2 Å². The summed E-state index contributed by atoms with van der Waals surface area (Å²) in [5.41, 5.74) is 4.47. The largest absolute Gasteiger partial charge is 0.416 e. The first-order chi connectivity index (χ1) is 11.3. The molecule has 142 valence electrons. The van der Waals surface area contributed by atoms with Crippen LogP contribution in [0, 0.1) is 5.92 Å². The lowest BCUT2D eigenvalue weighted by molar-refractivity contribution is -0.138. The predicted molar refractivity (Wildman–Crippen MR) is 94.7 cm³/mol. The normalized spacial score (nSPS) is 18.1. The van der Waals surface area contributed by atoms with Crippen LogP contribution in [0.2, 0.25) is 0 Å². The van der Waals surface area contributed by atoms with Crippen molar-refractivity contribution in [3.63, 3.8) is 0 Å². The lowest BCUT2D eigenvalue weighted by atomic mass is 9.68. The maximum atomic E-state index is 13.0. The number of benzene rings is 1. The van der Waals surface area contributed by atoms with Crippen LogP contribution >= 0.6 is 12.4 Å². The van der Waals surface area contributed by atoms with E-state index in [1.165, 1.54) is 6.07 Å². The number of nitrogens with one attached hydrogen (secondary N) is 1. The van der Waals surface area contributed by atoms with Gasteiger partial charge in [-0.3, -0.25) is 4.79 Å². The number of amides is 1. The van der Waals surface area contributed by atoms with Gasteiger partial charge in [0.25, 0.3) is 0 Å². The zero-order chi connectivity index (χ0) is 17.8. The fourth-order valence-corrected chi connectivity index (χ4v) is 3.31. The van der Waals surface area contributed by atoms with Gasteiger partial charge >= 0.3 is 6.18 Å². The Morgan fingerprint density at radius 3 is 2.48 bits per heavy atom. The number of hydrogen-bond acceptors (Lipinski definition) is 2. The van der Waals surface area contributed by atoms with Gasteiger partial charge in [0, 0.05) is 6.54 Å². The van der Waals surface area contributed by atoms with Crippen LogP contribution in [0.5, 0.6) is 0 Å². The van der Waals surface area contributed by atoms with Gasteiger partial charge < -0.3 is 11.1 Å². The van der Waals surface area contributed by atoms with Crippen molar-refractivity contribution in [3.05, 3.63) is 35.4 Å². The number of nitrogens with two attached hydrogens (primary N) is 1. The summed E-state index contributed by atoms with van der Waals surface area (Å²) in [4.78, 5) is 12.9. The average molecular weight is 379 g/mol. The molecular weight excluding hydrogens is 353 g/mol. The van der Waals surface area contributed by atoms with Crippen LogP contribution in [0.25, 0.3) is 0 Å². The maximum absolute atomic E-state index is 13.0. The molecule has 0 spiro atoms. The zero-order valence-electron chi connectivity index (χ0n) is 14.4. The van der Waals surface area contributed by atoms with E-state index in [9.17, 15) is 18.0 Å². The minimum absolute atomic E-state index is 0. The second-order valence-corrected chi connectivity index (χ2v) is 6.77. The Morgan fingerprint density at radius 1 is 1.28 bits per heavy atom. The third-order valence-corrected chi connectivity index (χ3v) is 4.90. The maximum Gasteiger partial charge on any atom is 0.416 e. The second-order valence-electron chi connectivity index (χ2n) is 6.77. The Labute approximate surface area is 153 Å². The van der Waals surface area contributed by atoms with Gasteiger partial charge in [0.2, 0.25) is 5.91 Å². The van der Waals surface area contributed by atoms with Gasteiger partial charge in [0.15, 0.2) is 0 Å². The average Bonchev–Trinajstić information content (AvgIpc) is 2.59. The van der Waals surface area contributed by atoms with Crippen molar-refractivity contribution in [3.8, 4) is 0 Å². The molecular formula is C18H26ClF3N2O. The molecule has 1 aliphatic rings. The molecule has 1 unspecified atom stereocenters. The molecule has 1 fully saturated rings. The number of carbonyl (C=O) groups is 1. The lowest BCUT2D eigenvalue weighted by Crippen LogP contribution is -2.47. The van der Waals surface area contributed by atoms with E-state index in [1.807, 2.05) is 6.92 Å². The van der Waals surface area contributed by atoms with E-state index in [4.69, 9.17) is 5.73 Å². The third-order valence-electron chi connectivity index (χ3n) is 4.90. The predicted octanol–water partition coefficient (Wildman–Crippen LogP) is 4.04. The van der Waals surface area contributed by atoms with Crippen molar-refractivity contribution in [1.82, 2.24) is 5.32 Å². The molecule has 1 aliphatic carbocycles. The minimum atomic E-state index is -4.41. The quantitative estimate of drug-likeness (QED) is 0.812. The highest BCUT2D eigenvalue weighted by Crippen LogP contribution is 2.41. The monoisotopic (exact) mass is 378 g/mol. The van der Waals surface area contributed by atoms with Gasteiger partial charge in [-0.1, -0.05) is 44.4 Å². The highest BCUT2D eigenvalue weighted by molar-refractivity contribution is 5.88. The molecule has 3 nitrogen and oxygen atoms in total. The molecule has 0 radical (unpaired) electrons. The Kier molecular flexibility index (Phi) is 7.75. The van der Waals surface area contributed by atoms with Gasteiger partial charge in [-0.25, -0.2) is 0 Å². The number of rotatable bonds is 5. The van der Waals surface area contributed by atoms with Crippen molar-refractivity contribution in [2.75, 3.05) is 13.1 Å². The molecule has 7 heteroatoms. The lowest BCUT2D eigenvalue weighted by Gasteiger charge is -2.37. The Balaban J connectivity index is 0.00000312. The van der Waals surface area contributed by atoms with Gasteiger partial charge in [0.05, 0.1) is 11.0 Å². The van der Waals surface area contributed by atoms with Gasteiger partial charge in [-0.2, -0.15) is 13.2 Å². The smallest absolute Gasteiger partial charge is 0.355 e. The van der Waals surface area contributed by atoms with E-state index in [1.54, 1.807) is 6.07 Å². The molecule has 1 aromatic rings. The summed E-state index contributed by atoms with van der Waals surface area (Å²) in [6, 6.07) is 5.22. The highest BCUT2D eigenvalue weighted by atomic mass is 35.5. The molecule has 0 bridgehead atoms. The number of halogens is 4. The second kappa shape index (κ2) is 8.90. The van der Waals surface area contributed by atoms with Crippen molar-refractivity contribution in [1.29, 1.82) is 0 Å². The first kappa shape index (κ1) is 21.8. The number of carbonyl (C=O) groups excluding carboxylic acids is 1. The zero-order valence-corrected chi connectivity index (χ0v) is 15.2. The van der Waals surface area contributed by atoms with Crippen LogP contribution in [0.15, 0.2) is 24.3 Å². The molecule has 0 aromatic heterocycles. The molecule has 3 N–H and O–H groups in total. The standard InChI is InChI=1S/C18H25F3N2O.ClH/c1-13(11-22)12-23-16(24)17(8-3-2-4-9-17)14-6-5-7-15(10-14)18(19,20)21;/h5-7,10,13H,2-4,8-9,11-12,22H2,1H3,(H,23,24);1H. The van der Waals surface area contributed by atoms with Crippen molar-refractivity contribution in [2.24, 2.45) is 11.7 Å². The van der Waals surface area contributed by atoms with Crippen LogP contribution in [0.4, 0.5) is 13.2 Å². The fourth-order valence-electron chi connectivity index (χ4n) is 3.31. The molecule has 0 heterocycles. The summed E-state index contributed by atoms with van der Waals surface area (Å²) in [7, 11) is 0. The summed E-state index contributed by atoms with van der Waals surface area (Å²) in [6.45, 7) is 2.82. The van der Waals surface area contributed by atoms with E-state index in [0.29, 0.717) is 31.5 Å². The Morgan fingerprint density at radius 2 is 1.92 bits per heavy atom.